The molecule has 0 atom stereocenters. The van der Waals surface area contributed by atoms with Crippen LogP contribution in [0.4, 0.5) is 0 Å². The Labute approximate surface area is 86.2 Å². The Morgan fingerprint density at radius 2 is 1.31 bits per heavy atom. The first-order valence-electron chi connectivity index (χ1n) is 2.74. The monoisotopic (exact) mass is 270 g/mol. The van der Waals surface area contributed by atoms with Crippen molar-refractivity contribution in [2.75, 3.05) is 14.2 Å². The van der Waals surface area contributed by atoms with Crippen molar-refractivity contribution in [3.63, 3.8) is 0 Å². The minimum absolute atomic E-state index is 0.861. The lowest BCUT2D eigenvalue weighted by Gasteiger charge is -2.51. The predicted molar refractivity (Wildman–Crippen MR) is 42.3 cm³/mol. The average molecular weight is 271 g/mol. The van der Waals surface area contributed by atoms with E-state index >= 15 is 0 Å². The van der Waals surface area contributed by atoms with Gasteiger partial charge in [-0.05, 0) is 23.2 Å². The van der Waals surface area contributed by atoms with Gasteiger partial charge in [0.25, 0.3) is 0 Å². The molecule has 0 fully saturated rings. The molecule has 0 aliphatic rings. The molecule has 0 saturated carbocycles. The van der Waals surface area contributed by atoms with Gasteiger partial charge in [0, 0.05) is 0 Å². The van der Waals surface area contributed by atoms with Crippen molar-refractivity contribution in [2.45, 2.75) is 3.82 Å². The molecule has 0 aliphatic carbocycles. The number of rotatable bonds is 4. The summed E-state index contributed by atoms with van der Waals surface area (Å²) in [6, 6.07) is 0. The van der Waals surface area contributed by atoms with E-state index in [0.717, 1.165) is 14.2 Å². The molecule has 0 aliphatic heterocycles. The summed E-state index contributed by atoms with van der Waals surface area (Å²) in [4.78, 5) is 42.8. The summed E-state index contributed by atoms with van der Waals surface area (Å²) in [7, 11) is -8.15. The fourth-order valence-corrected chi connectivity index (χ4v) is 3.55. The van der Waals surface area contributed by atoms with E-state index in [2.05, 4.69) is 9.05 Å². The molecule has 6 nitrogen and oxygen atoms in total. The summed E-state index contributed by atoms with van der Waals surface area (Å²) < 4.78 is 5.24. The van der Waals surface area contributed by atoms with Crippen LogP contribution < -0.4 is 19.6 Å². The van der Waals surface area contributed by atoms with Crippen LogP contribution in [0.5, 0.6) is 0 Å². The van der Waals surface area contributed by atoms with Gasteiger partial charge in [0.15, 0.2) is 0 Å². The van der Waals surface area contributed by atoms with E-state index in [-0.39, 0.29) is 0 Å². The smallest absolute Gasteiger partial charge is 0.354 e. The van der Waals surface area contributed by atoms with Crippen molar-refractivity contribution < 1.29 is 28.6 Å². The van der Waals surface area contributed by atoms with Crippen LogP contribution in [-0.2, 0) is 9.05 Å². The van der Waals surface area contributed by atoms with Gasteiger partial charge in [-0.3, -0.25) is 0 Å². The quantitative estimate of drug-likeness (QED) is 0.446. The van der Waals surface area contributed by atoms with Crippen LogP contribution in [0.2, 0.25) is 0 Å². The zero-order chi connectivity index (χ0) is 10.9. The summed E-state index contributed by atoms with van der Waals surface area (Å²) in [6.45, 7) is 0. The number of alkyl halides is 2. The van der Waals surface area contributed by atoms with Crippen molar-refractivity contribution in [3.8, 4) is 0 Å². The molecule has 0 saturated heterocycles. The van der Waals surface area contributed by atoms with E-state index in [1.54, 1.807) is 0 Å². The molecule has 0 radical (unpaired) electrons. The summed E-state index contributed by atoms with van der Waals surface area (Å²) >= 11 is 10.2. The molecule has 0 amide bonds. The van der Waals surface area contributed by atoms with Gasteiger partial charge in [-0.2, -0.15) is 0 Å². The normalized spacial score (nSPS) is 14.8. The predicted octanol–water partition coefficient (Wildman–Crippen LogP) is -1.67. The van der Waals surface area contributed by atoms with Crippen molar-refractivity contribution in [1.82, 2.24) is 0 Å². The maximum absolute atomic E-state index is 11.3. The molecule has 0 aromatic rings. The largest absolute Gasteiger partial charge is 0.682 e. The highest BCUT2D eigenvalue weighted by Crippen LogP contribution is 2.78. The molecule has 0 heterocycles. The van der Waals surface area contributed by atoms with Crippen LogP contribution in [0, 0.1) is 0 Å². The first-order valence-corrected chi connectivity index (χ1v) is 6.58. The highest BCUT2D eigenvalue weighted by molar-refractivity contribution is 7.82. The first kappa shape index (κ1) is 14.2. The van der Waals surface area contributed by atoms with Gasteiger partial charge < -0.3 is 19.6 Å². The van der Waals surface area contributed by atoms with Crippen LogP contribution in [0.15, 0.2) is 0 Å². The van der Waals surface area contributed by atoms with Crippen molar-refractivity contribution >= 4 is 39.1 Å². The van der Waals surface area contributed by atoms with E-state index in [0.29, 0.717) is 0 Å². The molecular formula is C3H6Cl2O6P2-2. The van der Waals surface area contributed by atoms with E-state index in [9.17, 15) is 19.6 Å². The average Bonchev–Trinajstić information content (AvgIpc) is 2.00. The third-order valence-corrected chi connectivity index (χ3v) is 7.37. The first-order chi connectivity index (χ1) is 5.62. The van der Waals surface area contributed by atoms with Gasteiger partial charge in [-0.25, -0.2) is 9.05 Å². The number of halogens is 2. The van der Waals surface area contributed by atoms with E-state index in [4.69, 9.17) is 23.2 Å². The van der Waals surface area contributed by atoms with Crippen molar-refractivity contribution in [3.05, 3.63) is 0 Å². The summed E-state index contributed by atoms with van der Waals surface area (Å²) in [5.41, 5.74) is 0. The molecule has 0 N–H and O–H groups in total. The number of hydrogen-bond acceptors (Lipinski definition) is 6. The van der Waals surface area contributed by atoms with Crippen LogP contribution >= 0.6 is 39.1 Å². The minimum Gasteiger partial charge on any atom is -0.682 e. The van der Waals surface area contributed by atoms with Crippen LogP contribution in [-0.4, -0.2) is 18.0 Å². The Kier molecular flexibility index (Phi) is 4.77. The maximum atomic E-state index is 11.3. The maximum Gasteiger partial charge on any atom is 0.354 e. The Morgan fingerprint density at radius 1 is 1.00 bits per heavy atom. The molecule has 0 unspecified atom stereocenters. The minimum atomic E-state index is -5.51. The molecular weight excluding hydrogens is 265 g/mol. The van der Waals surface area contributed by atoms with Crippen LogP contribution in [0.3, 0.4) is 0 Å². The lowest BCUT2D eigenvalue weighted by molar-refractivity contribution is -0.429. The van der Waals surface area contributed by atoms with Crippen molar-refractivity contribution in [2.24, 2.45) is 0 Å². The second-order valence-electron chi connectivity index (χ2n) is 1.87. The van der Waals surface area contributed by atoms with E-state index in [1.807, 2.05) is 0 Å². The molecule has 0 rings (SSSR count). The van der Waals surface area contributed by atoms with Gasteiger partial charge in [-0.15, -0.1) is 0 Å². The highest BCUT2D eigenvalue weighted by atomic mass is 35.5. The second kappa shape index (κ2) is 4.37. The van der Waals surface area contributed by atoms with Gasteiger partial charge >= 0.3 is 11.8 Å². The van der Waals surface area contributed by atoms with Gasteiger partial charge in [0.1, 0.15) is 0 Å². The van der Waals surface area contributed by atoms with E-state index in [1.165, 1.54) is 0 Å². The highest BCUT2D eigenvalue weighted by Gasteiger charge is 2.59. The molecule has 10 heteroatoms. The van der Waals surface area contributed by atoms with E-state index < -0.39 is 19.7 Å². The zero-order valence-corrected chi connectivity index (χ0v) is 9.90. The third kappa shape index (κ3) is 2.61. The molecule has 0 aromatic heterocycles. The molecule has 80 valence electrons. The summed E-state index contributed by atoms with van der Waals surface area (Å²) in [5, 5.41) is 0. The molecule has 0 spiro atoms. The molecule has 0 aromatic carbocycles. The number of hydrogen-bond donors (Lipinski definition) is 0. The fraction of sp³-hybridized carbons (Fsp3) is 1.00. The molecule has 0 bridgehead atoms. The third-order valence-electron chi connectivity index (χ3n) is 1.14. The summed E-state index contributed by atoms with van der Waals surface area (Å²) in [5.74, 6) is 0. The van der Waals surface area contributed by atoms with Crippen LogP contribution in [0.1, 0.15) is 0 Å². The van der Waals surface area contributed by atoms with Gasteiger partial charge in [0.2, 0.25) is 0 Å². The SMILES string of the molecule is CO[P+]([O-])(OC)C(Cl)(Cl)[P+]([O-])([O-])[O-]. The Balaban J connectivity index is 5.00. The van der Waals surface area contributed by atoms with Crippen molar-refractivity contribution in [1.29, 1.82) is 0 Å². The lowest BCUT2D eigenvalue weighted by atomic mass is 11.8. The second-order valence-corrected chi connectivity index (χ2v) is 8.67. The van der Waals surface area contributed by atoms with Crippen LogP contribution in [0.25, 0.3) is 0 Å². The fourth-order valence-electron chi connectivity index (χ4n) is 0.444. The summed E-state index contributed by atoms with van der Waals surface area (Å²) in [6.07, 6.45) is 0. The van der Waals surface area contributed by atoms with Gasteiger partial charge in [0.05, 0.1) is 14.2 Å². The standard InChI is InChI=1S/C3H8Cl2O6P2/c1-10-13(9,11-2)3(4,5)12(6,7)8/h1-2H3,(H2,6,7,8)/p-2. The van der Waals surface area contributed by atoms with Gasteiger partial charge in [-0.1, -0.05) is 7.94 Å². The Hall–Kier alpha value is 1.20. The Bertz CT molecular complexity index is 177. The Morgan fingerprint density at radius 3 is 1.38 bits per heavy atom. The zero-order valence-electron chi connectivity index (χ0n) is 6.60. The molecule has 13 heavy (non-hydrogen) atoms. The lowest BCUT2D eigenvalue weighted by Crippen LogP contribution is -2.47. The topological polar surface area (TPSA) is 111 Å².